The van der Waals surface area contributed by atoms with E-state index < -0.39 is 0 Å². The van der Waals surface area contributed by atoms with E-state index in [9.17, 15) is 9.59 Å². The Morgan fingerprint density at radius 3 is 2.64 bits per heavy atom. The van der Waals surface area contributed by atoms with Gasteiger partial charge in [-0.15, -0.1) is 0 Å². The van der Waals surface area contributed by atoms with Crippen molar-refractivity contribution in [1.82, 2.24) is 14.7 Å². The lowest BCUT2D eigenvalue weighted by atomic mass is 10.2. The van der Waals surface area contributed by atoms with E-state index in [1.807, 2.05) is 48.9 Å². The molecule has 0 fully saturated rings. The van der Waals surface area contributed by atoms with Gasteiger partial charge in [0.15, 0.2) is 10.4 Å². The van der Waals surface area contributed by atoms with Gasteiger partial charge in [-0.25, -0.2) is 0 Å². The molecule has 0 saturated heterocycles. The number of furan rings is 1. The third-order valence-corrected chi connectivity index (χ3v) is 4.58. The normalized spacial score (nSPS) is 10.7. The molecule has 2 heterocycles. The second kappa shape index (κ2) is 8.43. The Morgan fingerprint density at radius 1 is 1.21 bits per heavy atom. The second-order valence-corrected chi connectivity index (χ2v) is 7.38. The van der Waals surface area contributed by atoms with Crippen LogP contribution in [0.25, 0.3) is 0 Å². The summed E-state index contributed by atoms with van der Waals surface area (Å²) >= 11 is 3.16. The standard InChI is InChI=1S/C20H21BrN4O3/c1-13-9-14(2)25(23-13)11-15-5-4-6-16(10-15)22-19(26)12-24(3)20(27)17-7-8-18(21)28-17/h4-10H,11-12H2,1-3H3,(H,22,26). The van der Waals surface area contributed by atoms with E-state index in [0.29, 0.717) is 16.9 Å². The van der Waals surface area contributed by atoms with Crippen LogP contribution in [0, 0.1) is 13.8 Å². The molecule has 0 spiro atoms. The van der Waals surface area contributed by atoms with Gasteiger partial charge in [0.2, 0.25) is 5.91 Å². The molecule has 2 amide bonds. The number of hydrogen-bond donors (Lipinski definition) is 1. The van der Waals surface area contributed by atoms with Gasteiger partial charge in [-0.1, -0.05) is 12.1 Å². The van der Waals surface area contributed by atoms with E-state index in [-0.39, 0.29) is 24.1 Å². The van der Waals surface area contributed by atoms with Crippen molar-refractivity contribution in [3.8, 4) is 0 Å². The van der Waals surface area contributed by atoms with Crippen LogP contribution in [0.15, 0.2) is 51.6 Å². The van der Waals surface area contributed by atoms with E-state index >= 15 is 0 Å². The van der Waals surface area contributed by atoms with Gasteiger partial charge in [0.25, 0.3) is 5.91 Å². The Kier molecular flexibility index (Phi) is 5.99. The summed E-state index contributed by atoms with van der Waals surface area (Å²) < 4.78 is 7.62. The third kappa shape index (κ3) is 4.89. The SMILES string of the molecule is Cc1cc(C)n(Cc2cccc(NC(=O)CN(C)C(=O)c3ccc(Br)o3)c2)n1. The summed E-state index contributed by atoms with van der Waals surface area (Å²) in [5.41, 5.74) is 3.74. The quantitative estimate of drug-likeness (QED) is 0.629. The van der Waals surface area contributed by atoms with E-state index in [0.717, 1.165) is 17.0 Å². The van der Waals surface area contributed by atoms with E-state index in [1.165, 1.54) is 4.90 Å². The van der Waals surface area contributed by atoms with Crippen molar-refractivity contribution >= 4 is 33.4 Å². The first kappa shape index (κ1) is 19.9. The van der Waals surface area contributed by atoms with Gasteiger partial charge in [-0.3, -0.25) is 14.3 Å². The van der Waals surface area contributed by atoms with Crippen molar-refractivity contribution in [3.05, 3.63) is 69.8 Å². The van der Waals surface area contributed by atoms with Crippen molar-refractivity contribution in [2.45, 2.75) is 20.4 Å². The smallest absolute Gasteiger partial charge is 0.289 e. The van der Waals surface area contributed by atoms with Crippen LogP contribution in [0.5, 0.6) is 0 Å². The number of halogens is 1. The summed E-state index contributed by atoms with van der Waals surface area (Å²) in [6, 6.07) is 12.8. The zero-order chi connectivity index (χ0) is 20.3. The van der Waals surface area contributed by atoms with Crippen LogP contribution in [-0.2, 0) is 11.3 Å². The van der Waals surface area contributed by atoms with Gasteiger partial charge in [0, 0.05) is 18.4 Å². The largest absolute Gasteiger partial charge is 0.444 e. The number of hydrogen-bond acceptors (Lipinski definition) is 4. The second-order valence-electron chi connectivity index (χ2n) is 6.60. The van der Waals surface area contributed by atoms with Gasteiger partial charge in [0.1, 0.15) is 0 Å². The van der Waals surface area contributed by atoms with E-state index in [2.05, 4.69) is 26.3 Å². The van der Waals surface area contributed by atoms with Crippen molar-refractivity contribution < 1.29 is 14.0 Å². The number of aromatic nitrogens is 2. The van der Waals surface area contributed by atoms with E-state index in [1.54, 1.807) is 19.2 Å². The van der Waals surface area contributed by atoms with E-state index in [4.69, 9.17) is 4.42 Å². The first-order valence-electron chi connectivity index (χ1n) is 8.72. The number of benzene rings is 1. The topological polar surface area (TPSA) is 80.4 Å². The summed E-state index contributed by atoms with van der Waals surface area (Å²) in [5.74, 6) is -0.474. The number of nitrogens with one attached hydrogen (secondary N) is 1. The van der Waals surface area contributed by atoms with Crippen LogP contribution in [0.2, 0.25) is 0 Å². The Balaban J connectivity index is 1.61. The molecule has 0 bridgehead atoms. The highest BCUT2D eigenvalue weighted by molar-refractivity contribution is 9.10. The number of carbonyl (C=O) groups excluding carboxylic acids is 2. The van der Waals surface area contributed by atoms with Gasteiger partial charge in [-0.2, -0.15) is 5.10 Å². The van der Waals surface area contributed by atoms with Crippen LogP contribution in [-0.4, -0.2) is 40.1 Å². The van der Waals surface area contributed by atoms with Gasteiger partial charge < -0.3 is 14.6 Å². The first-order chi connectivity index (χ1) is 13.3. The number of rotatable bonds is 6. The number of likely N-dealkylation sites (N-methyl/N-ethyl adjacent to an activating group) is 1. The lowest BCUT2D eigenvalue weighted by Gasteiger charge is -2.15. The van der Waals surface area contributed by atoms with Gasteiger partial charge in [-0.05, 0) is 65.7 Å². The minimum absolute atomic E-state index is 0.0845. The van der Waals surface area contributed by atoms with Crippen LogP contribution in [0.1, 0.15) is 27.5 Å². The molecule has 0 radical (unpaired) electrons. The zero-order valence-corrected chi connectivity index (χ0v) is 17.5. The van der Waals surface area contributed by atoms with Crippen LogP contribution >= 0.6 is 15.9 Å². The molecule has 0 saturated carbocycles. The molecule has 7 nitrogen and oxygen atoms in total. The van der Waals surface area contributed by atoms with Crippen LogP contribution in [0.4, 0.5) is 5.69 Å². The molecule has 1 N–H and O–H groups in total. The number of amides is 2. The van der Waals surface area contributed by atoms with Crippen LogP contribution < -0.4 is 5.32 Å². The lowest BCUT2D eigenvalue weighted by Crippen LogP contribution is -2.34. The summed E-state index contributed by atoms with van der Waals surface area (Å²) in [6.45, 7) is 4.50. The van der Waals surface area contributed by atoms with Crippen molar-refractivity contribution in [1.29, 1.82) is 0 Å². The van der Waals surface area contributed by atoms with Gasteiger partial charge >= 0.3 is 0 Å². The maximum absolute atomic E-state index is 12.3. The number of carbonyl (C=O) groups is 2. The molecule has 2 aromatic heterocycles. The molecule has 1 aromatic carbocycles. The molecular formula is C20H21BrN4O3. The highest BCUT2D eigenvalue weighted by Gasteiger charge is 2.18. The Morgan fingerprint density at radius 2 is 2.00 bits per heavy atom. The molecule has 8 heteroatoms. The van der Waals surface area contributed by atoms with Crippen molar-refractivity contribution in [3.63, 3.8) is 0 Å². The fourth-order valence-corrected chi connectivity index (χ4v) is 3.17. The van der Waals surface area contributed by atoms with Crippen LogP contribution in [0.3, 0.4) is 0 Å². The summed E-state index contributed by atoms with van der Waals surface area (Å²) in [7, 11) is 1.55. The minimum Gasteiger partial charge on any atom is -0.444 e. The molecule has 0 aliphatic carbocycles. The third-order valence-electron chi connectivity index (χ3n) is 4.16. The molecular weight excluding hydrogens is 424 g/mol. The molecule has 0 atom stereocenters. The lowest BCUT2D eigenvalue weighted by molar-refractivity contribution is -0.116. The number of anilines is 1. The zero-order valence-electron chi connectivity index (χ0n) is 15.9. The maximum Gasteiger partial charge on any atom is 0.289 e. The molecule has 3 aromatic rings. The number of aryl methyl sites for hydroxylation is 2. The predicted octanol–water partition coefficient (Wildman–Crippen LogP) is 3.61. The highest BCUT2D eigenvalue weighted by atomic mass is 79.9. The monoisotopic (exact) mass is 444 g/mol. The molecule has 3 rings (SSSR count). The summed E-state index contributed by atoms with van der Waals surface area (Å²) in [6.07, 6.45) is 0. The fourth-order valence-electron chi connectivity index (χ4n) is 2.86. The minimum atomic E-state index is -0.362. The highest BCUT2D eigenvalue weighted by Crippen LogP contribution is 2.16. The summed E-state index contributed by atoms with van der Waals surface area (Å²) in [5, 5.41) is 7.29. The molecule has 0 aliphatic heterocycles. The summed E-state index contributed by atoms with van der Waals surface area (Å²) in [4.78, 5) is 25.9. The van der Waals surface area contributed by atoms with Gasteiger partial charge in [0.05, 0.1) is 18.8 Å². The van der Waals surface area contributed by atoms with Crippen molar-refractivity contribution in [2.24, 2.45) is 0 Å². The van der Waals surface area contributed by atoms with Crippen molar-refractivity contribution in [2.75, 3.05) is 18.9 Å². The Hall–Kier alpha value is -2.87. The number of nitrogens with zero attached hydrogens (tertiary/aromatic N) is 3. The molecule has 28 heavy (non-hydrogen) atoms. The Labute approximate surface area is 171 Å². The first-order valence-corrected chi connectivity index (χ1v) is 9.52. The predicted molar refractivity (Wildman–Crippen MR) is 109 cm³/mol. The fraction of sp³-hybridized carbons (Fsp3) is 0.250. The molecule has 146 valence electrons. The molecule has 0 unspecified atom stereocenters. The Bertz CT molecular complexity index is 1010. The average molecular weight is 445 g/mol. The maximum atomic E-state index is 12.3. The average Bonchev–Trinajstić information content (AvgIpc) is 3.19. The molecule has 0 aliphatic rings.